The van der Waals surface area contributed by atoms with Crippen molar-refractivity contribution in [2.45, 2.75) is 0 Å². The van der Waals surface area contributed by atoms with Gasteiger partial charge in [-0.3, -0.25) is 5.41 Å². The first kappa shape index (κ1) is 18.4. The Morgan fingerprint density at radius 1 is 1.37 bits per heavy atom. The molecule has 1 aromatic heterocycles. The maximum atomic E-state index is 10.1. The topological polar surface area (TPSA) is 142 Å². The van der Waals surface area contributed by atoms with Crippen molar-refractivity contribution < 1.29 is 15.1 Å². The highest BCUT2D eigenvalue weighted by atomic mass is 79.9. The number of phenols is 1. The maximum Gasteiger partial charge on any atom is 0.191 e. The number of amidine groups is 1. The normalized spacial score (nSPS) is 12.0. The SMILES string of the molecule is COc1cc(/C=N\N=C(/N)c2nc3ccccc3n(O)c2=N)cc(Br)c1O. The van der Waals surface area contributed by atoms with Crippen LogP contribution < -0.4 is 16.0 Å². The molecule has 0 saturated heterocycles. The van der Waals surface area contributed by atoms with E-state index in [4.69, 9.17) is 15.9 Å². The van der Waals surface area contributed by atoms with E-state index in [1.54, 1.807) is 36.4 Å². The number of fused-ring (bicyclic) bond motifs is 1. The van der Waals surface area contributed by atoms with Crippen LogP contribution in [0.25, 0.3) is 11.0 Å². The number of nitrogens with one attached hydrogen (secondary N) is 1. The molecule has 0 radical (unpaired) electrons. The number of rotatable bonds is 4. The minimum atomic E-state index is -0.306. The van der Waals surface area contributed by atoms with E-state index in [1.807, 2.05) is 0 Å². The van der Waals surface area contributed by atoms with Gasteiger partial charge < -0.3 is 20.8 Å². The minimum absolute atomic E-state index is 0.00202. The van der Waals surface area contributed by atoms with E-state index in [0.29, 0.717) is 25.8 Å². The molecule has 3 rings (SSSR count). The molecule has 27 heavy (non-hydrogen) atoms. The summed E-state index contributed by atoms with van der Waals surface area (Å²) in [6, 6.07) is 9.99. The average Bonchev–Trinajstić information content (AvgIpc) is 2.67. The number of para-hydroxylation sites is 2. The first-order valence-corrected chi connectivity index (χ1v) is 8.40. The molecular formula is C17H15BrN6O3. The molecule has 10 heteroatoms. The van der Waals surface area contributed by atoms with Gasteiger partial charge in [-0.05, 0) is 45.8 Å². The monoisotopic (exact) mass is 430 g/mol. The van der Waals surface area contributed by atoms with Crippen molar-refractivity contribution >= 4 is 39.0 Å². The van der Waals surface area contributed by atoms with Crippen LogP contribution in [0, 0.1) is 5.41 Å². The van der Waals surface area contributed by atoms with Crippen molar-refractivity contribution in [3.63, 3.8) is 0 Å². The first-order valence-electron chi connectivity index (χ1n) is 7.61. The number of aromatic nitrogens is 2. The van der Waals surface area contributed by atoms with Gasteiger partial charge in [-0.25, -0.2) is 4.98 Å². The van der Waals surface area contributed by atoms with E-state index in [0.717, 1.165) is 0 Å². The van der Waals surface area contributed by atoms with Crippen LogP contribution in [0.5, 0.6) is 11.5 Å². The standard InChI is InChI=1S/C17H15BrN6O3/c1-27-13-7-9(6-10(18)15(13)25)8-21-23-16(19)14-17(20)24(26)12-5-3-2-4-11(12)22-14/h2-8,20,25-26H,1H3,(H2,19,23)/b20-17?,21-8-. The molecule has 1 heterocycles. The maximum absolute atomic E-state index is 10.1. The molecule has 0 atom stereocenters. The molecule has 0 bridgehead atoms. The van der Waals surface area contributed by atoms with Crippen molar-refractivity contribution in [1.29, 1.82) is 5.41 Å². The third-order valence-corrected chi connectivity index (χ3v) is 4.27. The van der Waals surface area contributed by atoms with Gasteiger partial charge in [-0.1, -0.05) is 12.1 Å². The van der Waals surface area contributed by atoms with Crippen LogP contribution in [0.4, 0.5) is 0 Å². The zero-order valence-corrected chi connectivity index (χ0v) is 15.7. The highest BCUT2D eigenvalue weighted by Gasteiger charge is 2.11. The van der Waals surface area contributed by atoms with Crippen molar-refractivity contribution in [1.82, 2.24) is 9.71 Å². The Morgan fingerprint density at radius 2 is 2.11 bits per heavy atom. The molecule has 0 spiro atoms. The summed E-state index contributed by atoms with van der Waals surface area (Å²) in [6.07, 6.45) is 1.40. The fourth-order valence-electron chi connectivity index (χ4n) is 2.34. The second-order valence-corrected chi connectivity index (χ2v) is 6.25. The first-order chi connectivity index (χ1) is 12.9. The fourth-order valence-corrected chi connectivity index (χ4v) is 2.80. The highest BCUT2D eigenvalue weighted by molar-refractivity contribution is 9.10. The molecule has 0 saturated carbocycles. The summed E-state index contributed by atoms with van der Waals surface area (Å²) >= 11 is 3.22. The molecule has 2 aromatic carbocycles. The number of ether oxygens (including phenoxy) is 1. The second kappa shape index (κ2) is 7.46. The summed E-state index contributed by atoms with van der Waals surface area (Å²) < 4.78 is 6.19. The van der Waals surface area contributed by atoms with Crippen LogP contribution in [0.15, 0.2) is 51.1 Å². The Bertz CT molecular complexity index is 1140. The summed E-state index contributed by atoms with van der Waals surface area (Å²) in [4.78, 5) is 4.26. The Labute approximate surface area is 161 Å². The van der Waals surface area contributed by atoms with Crippen LogP contribution in [0.2, 0.25) is 0 Å². The lowest BCUT2D eigenvalue weighted by atomic mass is 10.2. The molecular weight excluding hydrogens is 416 g/mol. The Balaban J connectivity index is 1.96. The van der Waals surface area contributed by atoms with Gasteiger partial charge in [0.1, 0.15) is 5.52 Å². The van der Waals surface area contributed by atoms with E-state index >= 15 is 0 Å². The minimum Gasteiger partial charge on any atom is -0.503 e. The van der Waals surface area contributed by atoms with E-state index in [2.05, 4.69) is 31.1 Å². The van der Waals surface area contributed by atoms with Crippen LogP contribution in [-0.4, -0.2) is 39.2 Å². The van der Waals surface area contributed by atoms with Gasteiger partial charge in [0.2, 0.25) is 0 Å². The molecule has 9 nitrogen and oxygen atoms in total. The fraction of sp³-hybridized carbons (Fsp3) is 0.0588. The van der Waals surface area contributed by atoms with Crippen molar-refractivity contribution in [2.24, 2.45) is 15.9 Å². The van der Waals surface area contributed by atoms with Gasteiger partial charge in [0, 0.05) is 0 Å². The number of aromatic hydroxyl groups is 1. The van der Waals surface area contributed by atoms with Gasteiger partial charge in [0.05, 0.1) is 23.3 Å². The zero-order valence-electron chi connectivity index (χ0n) is 14.1. The molecule has 0 aliphatic rings. The third-order valence-electron chi connectivity index (χ3n) is 3.66. The predicted octanol–water partition coefficient (Wildman–Crippen LogP) is 1.97. The summed E-state index contributed by atoms with van der Waals surface area (Å²) in [5.41, 5.74) is 7.01. The molecule has 0 fully saturated rings. The lowest BCUT2D eigenvalue weighted by Gasteiger charge is -2.07. The van der Waals surface area contributed by atoms with Crippen molar-refractivity contribution in [2.75, 3.05) is 7.11 Å². The van der Waals surface area contributed by atoms with Gasteiger partial charge in [-0.15, -0.1) is 5.10 Å². The van der Waals surface area contributed by atoms with Gasteiger partial charge in [0.25, 0.3) is 0 Å². The number of hydrogen-bond acceptors (Lipinski definition) is 7. The summed E-state index contributed by atoms with van der Waals surface area (Å²) in [5, 5.41) is 35.6. The molecule has 0 amide bonds. The Hall–Kier alpha value is -3.40. The third kappa shape index (κ3) is 3.60. The number of halogens is 1. The molecule has 138 valence electrons. The zero-order chi connectivity index (χ0) is 19.6. The van der Waals surface area contributed by atoms with Crippen LogP contribution in [0.3, 0.4) is 0 Å². The number of methoxy groups -OCH3 is 1. The summed E-state index contributed by atoms with van der Waals surface area (Å²) in [6.45, 7) is 0. The number of nitrogens with two attached hydrogens (primary N) is 1. The van der Waals surface area contributed by atoms with Crippen LogP contribution >= 0.6 is 15.9 Å². The highest BCUT2D eigenvalue weighted by Crippen LogP contribution is 2.34. The number of nitrogens with zero attached hydrogens (tertiary/aromatic N) is 4. The van der Waals surface area contributed by atoms with Crippen molar-refractivity contribution in [3.8, 4) is 11.5 Å². The quantitative estimate of drug-likeness (QED) is 0.216. The molecule has 0 aliphatic heterocycles. The number of hydrogen-bond donors (Lipinski definition) is 4. The second-order valence-electron chi connectivity index (χ2n) is 5.39. The van der Waals surface area contributed by atoms with Gasteiger partial charge in [-0.2, -0.15) is 9.83 Å². The van der Waals surface area contributed by atoms with Gasteiger partial charge >= 0.3 is 0 Å². The number of benzene rings is 2. The lowest BCUT2D eigenvalue weighted by molar-refractivity contribution is 0.183. The predicted molar refractivity (Wildman–Crippen MR) is 103 cm³/mol. The number of phenolic OH excluding ortho intramolecular Hbond substituents is 1. The smallest absolute Gasteiger partial charge is 0.191 e. The van der Waals surface area contributed by atoms with E-state index < -0.39 is 0 Å². The molecule has 3 aromatic rings. The Kier molecular flexibility index (Phi) is 5.08. The van der Waals surface area contributed by atoms with Crippen LogP contribution in [-0.2, 0) is 0 Å². The van der Waals surface area contributed by atoms with E-state index in [-0.39, 0.29) is 28.5 Å². The molecule has 0 aliphatic carbocycles. The van der Waals surface area contributed by atoms with Crippen LogP contribution in [0.1, 0.15) is 11.3 Å². The average molecular weight is 431 g/mol. The van der Waals surface area contributed by atoms with E-state index in [9.17, 15) is 10.3 Å². The van der Waals surface area contributed by atoms with Gasteiger partial charge in [0.15, 0.2) is 28.5 Å². The molecule has 5 N–H and O–H groups in total. The van der Waals surface area contributed by atoms with E-state index in [1.165, 1.54) is 13.3 Å². The summed E-state index contributed by atoms with van der Waals surface area (Å²) in [7, 11) is 1.43. The Morgan fingerprint density at radius 3 is 2.85 bits per heavy atom. The largest absolute Gasteiger partial charge is 0.503 e. The summed E-state index contributed by atoms with van der Waals surface area (Å²) in [5.74, 6) is 0.118. The van der Waals surface area contributed by atoms with Crippen molar-refractivity contribution in [3.05, 3.63) is 57.6 Å². The molecule has 0 unspecified atom stereocenters. The lowest BCUT2D eigenvalue weighted by Crippen LogP contribution is -2.31.